The van der Waals surface area contributed by atoms with E-state index in [1.165, 1.54) is 12.8 Å². The number of aldehydes is 1. The molecule has 0 saturated heterocycles. The number of unbranched alkanes of at least 4 members (excludes halogenated alkanes) is 2. The van der Waals surface area contributed by atoms with E-state index < -0.39 is 0 Å². The van der Waals surface area contributed by atoms with Crippen molar-refractivity contribution >= 4 is 6.29 Å². The highest BCUT2D eigenvalue weighted by Gasteiger charge is 2.29. The van der Waals surface area contributed by atoms with E-state index in [9.17, 15) is 9.90 Å². The fourth-order valence-corrected chi connectivity index (χ4v) is 1.72. The minimum atomic E-state index is -0.181. The molecule has 0 heterocycles. The summed E-state index contributed by atoms with van der Waals surface area (Å²) in [4.78, 5) is 10.8. The number of carbonyl (C=O) groups excluding carboxylic acids is 1. The van der Waals surface area contributed by atoms with Crippen LogP contribution in [0.5, 0.6) is 0 Å². The first-order valence-electron chi connectivity index (χ1n) is 5.77. The molecule has 1 rings (SSSR count). The topological polar surface area (TPSA) is 37.3 Å². The van der Waals surface area contributed by atoms with Crippen LogP contribution in [0, 0.1) is 17.9 Å². The summed E-state index contributed by atoms with van der Waals surface area (Å²) in [5, 5.41) is 9.70. The smallest absolute Gasteiger partial charge is 0.126 e. The third kappa shape index (κ3) is 4.23. The zero-order valence-corrected chi connectivity index (χ0v) is 9.04. The van der Waals surface area contributed by atoms with Gasteiger partial charge in [0.25, 0.3) is 0 Å². The first kappa shape index (κ1) is 11.7. The lowest BCUT2D eigenvalue weighted by Gasteiger charge is -2.15. The summed E-state index contributed by atoms with van der Waals surface area (Å²) in [5.41, 5.74) is 0. The van der Waals surface area contributed by atoms with Gasteiger partial charge >= 0.3 is 0 Å². The third-order valence-electron chi connectivity index (χ3n) is 2.91. The van der Waals surface area contributed by atoms with Gasteiger partial charge in [-0.3, -0.25) is 0 Å². The van der Waals surface area contributed by atoms with Crippen molar-refractivity contribution in [1.82, 2.24) is 0 Å². The normalized spacial score (nSPS) is 18.5. The highest BCUT2D eigenvalue weighted by molar-refractivity contribution is 5.56. The van der Waals surface area contributed by atoms with Gasteiger partial charge in [0.1, 0.15) is 12.4 Å². The van der Waals surface area contributed by atoms with Crippen LogP contribution >= 0.6 is 0 Å². The number of aliphatic hydroxyl groups is 1. The molecule has 0 aliphatic heterocycles. The molecule has 2 heteroatoms. The molecular formula is C12H21O2. The number of hydrogen-bond donors (Lipinski definition) is 1. The van der Waals surface area contributed by atoms with Crippen molar-refractivity contribution in [3.63, 3.8) is 0 Å². The molecule has 1 atom stereocenters. The Morgan fingerprint density at radius 3 is 2.71 bits per heavy atom. The molecule has 1 aliphatic rings. The Bertz CT molecular complexity index is 164. The van der Waals surface area contributed by atoms with Crippen LogP contribution in [0.25, 0.3) is 0 Å². The quantitative estimate of drug-likeness (QED) is 0.479. The van der Waals surface area contributed by atoms with Gasteiger partial charge in [0.05, 0.1) is 0 Å². The molecule has 0 aromatic carbocycles. The second-order valence-electron chi connectivity index (χ2n) is 4.37. The van der Waals surface area contributed by atoms with Crippen LogP contribution in [0.4, 0.5) is 0 Å². The highest BCUT2D eigenvalue weighted by Crippen LogP contribution is 2.37. The fourth-order valence-electron chi connectivity index (χ4n) is 1.72. The second kappa shape index (κ2) is 6.18. The van der Waals surface area contributed by atoms with Crippen LogP contribution in [0.1, 0.15) is 51.9 Å². The van der Waals surface area contributed by atoms with Gasteiger partial charge < -0.3 is 9.90 Å². The summed E-state index contributed by atoms with van der Waals surface area (Å²) in [5.74, 6) is 0.526. The van der Waals surface area contributed by atoms with Crippen LogP contribution < -0.4 is 0 Å². The Hall–Kier alpha value is -0.370. The van der Waals surface area contributed by atoms with Gasteiger partial charge in [-0.25, -0.2) is 0 Å². The van der Waals surface area contributed by atoms with E-state index in [0.29, 0.717) is 18.4 Å². The number of rotatable bonds is 8. The van der Waals surface area contributed by atoms with Crippen molar-refractivity contribution < 1.29 is 9.90 Å². The van der Waals surface area contributed by atoms with Crippen LogP contribution in [0.15, 0.2) is 0 Å². The Balaban J connectivity index is 2.16. The Morgan fingerprint density at radius 1 is 1.50 bits per heavy atom. The fraction of sp³-hybridized carbons (Fsp3) is 0.833. The molecule has 1 radical (unpaired) electrons. The summed E-state index contributed by atoms with van der Waals surface area (Å²) in [6.07, 6.45) is 8.71. The predicted octanol–water partition coefficient (Wildman–Crippen LogP) is 3.09. The van der Waals surface area contributed by atoms with Crippen molar-refractivity contribution in [3.8, 4) is 0 Å². The molecule has 0 bridgehead atoms. The number of carbonyl (C=O) groups is 1. The SMILES string of the molecule is CCCCC[C](O)[C@H](C=O)CC1CC1. The minimum absolute atomic E-state index is 0.181. The van der Waals surface area contributed by atoms with E-state index in [-0.39, 0.29) is 5.92 Å². The van der Waals surface area contributed by atoms with Crippen molar-refractivity contribution in [1.29, 1.82) is 0 Å². The lowest BCUT2D eigenvalue weighted by molar-refractivity contribution is -0.112. The monoisotopic (exact) mass is 197 g/mol. The van der Waals surface area contributed by atoms with E-state index in [1.54, 1.807) is 0 Å². The van der Waals surface area contributed by atoms with Crippen LogP contribution in [-0.4, -0.2) is 11.4 Å². The van der Waals surface area contributed by atoms with Crippen LogP contribution in [0.2, 0.25) is 0 Å². The van der Waals surface area contributed by atoms with Crippen molar-refractivity contribution in [2.75, 3.05) is 0 Å². The first-order chi connectivity index (χ1) is 6.77. The summed E-state index contributed by atoms with van der Waals surface area (Å²) in [6, 6.07) is 0. The molecule has 0 aromatic heterocycles. The summed E-state index contributed by atoms with van der Waals surface area (Å²) in [7, 11) is 0. The van der Waals surface area contributed by atoms with Crippen molar-refractivity contribution in [3.05, 3.63) is 6.10 Å². The van der Waals surface area contributed by atoms with E-state index in [0.717, 1.165) is 32.0 Å². The molecule has 1 aliphatic carbocycles. The molecule has 81 valence electrons. The largest absolute Gasteiger partial charge is 0.386 e. The zero-order chi connectivity index (χ0) is 10.4. The van der Waals surface area contributed by atoms with Gasteiger partial charge in [0, 0.05) is 5.92 Å². The number of aliphatic hydroxyl groups excluding tert-OH is 1. The van der Waals surface area contributed by atoms with Crippen LogP contribution in [-0.2, 0) is 4.79 Å². The molecule has 0 amide bonds. The van der Waals surface area contributed by atoms with Crippen molar-refractivity contribution in [2.24, 2.45) is 11.8 Å². The maximum Gasteiger partial charge on any atom is 0.126 e. The minimum Gasteiger partial charge on any atom is -0.386 e. The molecule has 1 fully saturated rings. The summed E-state index contributed by atoms with van der Waals surface area (Å²) < 4.78 is 0. The molecule has 2 nitrogen and oxygen atoms in total. The van der Waals surface area contributed by atoms with Gasteiger partial charge in [-0.2, -0.15) is 0 Å². The lowest BCUT2D eigenvalue weighted by Crippen LogP contribution is -2.14. The van der Waals surface area contributed by atoms with Crippen molar-refractivity contribution in [2.45, 2.75) is 51.9 Å². The molecule has 0 aromatic rings. The molecular weight excluding hydrogens is 176 g/mol. The number of hydrogen-bond acceptors (Lipinski definition) is 2. The second-order valence-corrected chi connectivity index (χ2v) is 4.37. The van der Waals surface area contributed by atoms with Crippen LogP contribution in [0.3, 0.4) is 0 Å². The summed E-state index contributed by atoms with van der Waals surface area (Å²) in [6.45, 7) is 2.14. The maximum absolute atomic E-state index is 10.8. The van der Waals surface area contributed by atoms with Gasteiger partial charge in [0.15, 0.2) is 0 Å². The predicted molar refractivity (Wildman–Crippen MR) is 56.2 cm³/mol. The zero-order valence-electron chi connectivity index (χ0n) is 9.04. The molecule has 0 unspecified atom stereocenters. The van der Waals surface area contributed by atoms with E-state index in [4.69, 9.17) is 0 Å². The van der Waals surface area contributed by atoms with E-state index in [1.807, 2.05) is 0 Å². The average Bonchev–Trinajstić information content (AvgIpc) is 2.98. The third-order valence-corrected chi connectivity index (χ3v) is 2.91. The Labute approximate surface area is 86.7 Å². The lowest BCUT2D eigenvalue weighted by atomic mass is 9.93. The average molecular weight is 197 g/mol. The standard InChI is InChI=1S/C12H21O2/c1-2-3-4-5-12(14)11(9-13)8-10-6-7-10/h9-11,14H,2-8H2,1H3/t11-/m0/s1. The Kier molecular flexibility index (Phi) is 5.16. The van der Waals surface area contributed by atoms with Gasteiger partial charge in [-0.15, -0.1) is 0 Å². The van der Waals surface area contributed by atoms with E-state index >= 15 is 0 Å². The van der Waals surface area contributed by atoms with Gasteiger partial charge in [-0.1, -0.05) is 39.0 Å². The molecule has 1 saturated carbocycles. The first-order valence-corrected chi connectivity index (χ1v) is 5.77. The van der Waals surface area contributed by atoms with Gasteiger partial charge in [0.2, 0.25) is 0 Å². The Morgan fingerprint density at radius 2 is 2.21 bits per heavy atom. The maximum atomic E-state index is 10.8. The van der Waals surface area contributed by atoms with Gasteiger partial charge in [-0.05, 0) is 18.8 Å². The molecule has 14 heavy (non-hydrogen) atoms. The molecule has 1 N–H and O–H groups in total. The summed E-state index contributed by atoms with van der Waals surface area (Å²) >= 11 is 0. The highest BCUT2D eigenvalue weighted by atomic mass is 16.3. The molecule has 0 spiro atoms. The van der Waals surface area contributed by atoms with E-state index in [2.05, 4.69) is 6.92 Å².